The van der Waals surface area contributed by atoms with Crippen molar-refractivity contribution in [1.29, 1.82) is 0 Å². The SMILES string of the molecule is CC1CC(C)CN(C(=O)C2CCN(S(C)(=O)=O)CC2)C1. The van der Waals surface area contributed by atoms with E-state index in [4.69, 9.17) is 0 Å². The summed E-state index contributed by atoms with van der Waals surface area (Å²) in [7, 11) is -3.11. The predicted molar refractivity (Wildman–Crippen MR) is 78.7 cm³/mol. The molecule has 2 fully saturated rings. The Balaban J connectivity index is 1.92. The Bertz CT molecular complexity index is 445. The summed E-state index contributed by atoms with van der Waals surface area (Å²) in [5.74, 6) is 1.37. The minimum atomic E-state index is -3.11. The number of amides is 1. The lowest BCUT2D eigenvalue weighted by molar-refractivity contribution is -0.139. The number of carbonyl (C=O) groups is 1. The van der Waals surface area contributed by atoms with Gasteiger partial charge in [-0.15, -0.1) is 0 Å². The molecule has 20 heavy (non-hydrogen) atoms. The summed E-state index contributed by atoms with van der Waals surface area (Å²) in [6.45, 7) is 7.07. The van der Waals surface area contributed by atoms with E-state index >= 15 is 0 Å². The van der Waals surface area contributed by atoms with Crippen LogP contribution < -0.4 is 0 Å². The van der Waals surface area contributed by atoms with Crippen molar-refractivity contribution in [1.82, 2.24) is 9.21 Å². The zero-order valence-electron chi connectivity index (χ0n) is 12.7. The van der Waals surface area contributed by atoms with Crippen molar-refractivity contribution in [2.24, 2.45) is 17.8 Å². The Hall–Kier alpha value is -0.620. The van der Waals surface area contributed by atoms with Crippen LogP contribution in [-0.4, -0.2) is 56.0 Å². The quantitative estimate of drug-likeness (QED) is 0.769. The van der Waals surface area contributed by atoms with E-state index in [9.17, 15) is 13.2 Å². The third-order valence-corrected chi connectivity index (χ3v) is 5.76. The average Bonchev–Trinajstić information content (AvgIpc) is 2.36. The molecule has 0 spiro atoms. The van der Waals surface area contributed by atoms with Crippen molar-refractivity contribution in [3.8, 4) is 0 Å². The van der Waals surface area contributed by atoms with Crippen LogP contribution in [0, 0.1) is 17.8 Å². The molecule has 2 heterocycles. The van der Waals surface area contributed by atoms with Crippen LogP contribution in [0.15, 0.2) is 0 Å². The molecule has 6 heteroatoms. The molecule has 0 aromatic rings. The van der Waals surface area contributed by atoms with Crippen LogP contribution in [0.5, 0.6) is 0 Å². The Morgan fingerprint density at radius 2 is 1.55 bits per heavy atom. The number of nitrogens with zero attached hydrogens (tertiary/aromatic N) is 2. The summed E-state index contributed by atoms with van der Waals surface area (Å²) >= 11 is 0. The normalized spacial score (nSPS) is 30.4. The summed E-state index contributed by atoms with van der Waals surface area (Å²) in [6, 6.07) is 0. The van der Waals surface area contributed by atoms with Gasteiger partial charge in [0.15, 0.2) is 0 Å². The zero-order valence-corrected chi connectivity index (χ0v) is 13.5. The molecule has 116 valence electrons. The number of carbonyl (C=O) groups excluding carboxylic acids is 1. The lowest BCUT2D eigenvalue weighted by Gasteiger charge is -2.38. The Morgan fingerprint density at radius 1 is 1.05 bits per heavy atom. The van der Waals surface area contributed by atoms with Crippen LogP contribution in [0.4, 0.5) is 0 Å². The van der Waals surface area contributed by atoms with Crippen molar-refractivity contribution in [3.63, 3.8) is 0 Å². The Morgan fingerprint density at radius 3 is 2.00 bits per heavy atom. The first-order chi connectivity index (χ1) is 9.27. The summed E-state index contributed by atoms with van der Waals surface area (Å²) in [4.78, 5) is 14.6. The fraction of sp³-hybridized carbons (Fsp3) is 0.929. The van der Waals surface area contributed by atoms with Crippen LogP contribution in [0.3, 0.4) is 0 Å². The second kappa shape index (κ2) is 6.02. The number of rotatable bonds is 2. The molecule has 2 aliphatic rings. The molecule has 2 rings (SSSR count). The van der Waals surface area contributed by atoms with Gasteiger partial charge in [0.05, 0.1) is 6.26 Å². The van der Waals surface area contributed by atoms with Crippen LogP contribution in [0.1, 0.15) is 33.1 Å². The van der Waals surface area contributed by atoms with Gasteiger partial charge in [0.25, 0.3) is 0 Å². The van der Waals surface area contributed by atoms with Gasteiger partial charge in [0.1, 0.15) is 0 Å². The highest BCUT2D eigenvalue weighted by atomic mass is 32.2. The molecule has 2 saturated heterocycles. The van der Waals surface area contributed by atoms with Gasteiger partial charge in [-0.2, -0.15) is 0 Å². The van der Waals surface area contributed by atoms with Crippen LogP contribution in [0.2, 0.25) is 0 Å². The average molecular weight is 302 g/mol. The van der Waals surface area contributed by atoms with Crippen LogP contribution in [0.25, 0.3) is 0 Å². The highest BCUT2D eigenvalue weighted by Crippen LogP contribution is 2.26. The first kappa shape index (κ1) is 15.8. The molecule has 0 saturated carbocycles. The summed E-state index contributed by atoms with van der Waals surface area (Å²) < 4.78 is 24.4. The fourth-order valence-electron chi connectivity index (χ4n) is 3.54. The lowest BCUT2D eigenvalue weighted by Crippen LogP contribution is -2.48. The van der Waals surface area contributed by atoms with E-state index in [1.54, 1.807) is 0 Å². The second-order valence-electron chi connectivity index (χ2n) is 6.63. The molecule has 2 atom stereocenters. The third kappa shape index (κ3) is 3.73. The first-order valence-corrected chi connectivity index (χ1v) is 9.36. The molecule has 0 aliphatic carbocycles. The van der Waals surface area contributed by atoms with Crippen molar-refractivity contribution >= 4 is 15.9 Å². The zero-order chi connectivity index (χ0) is 14.9. The largest absolute Gasteiger partial charge is 0.342 e. The van der Waals surface area contributed by atoms with E-state index in [0.717, 1.165) is 13.1 Å². The van der Waals surface area contributed by atoms with Crippen molar-refractivity contribution in [3.05, 3.63) is 0 Å². The standard InChI is InChI=1S/C14H26N2O3S/c1-11-8-12(2)10-15(9-11)14(17)13-4-6-16(7-5-13)20(3,18)19/h11-13H,4-10H2,1-3H3. The smallest absolute Gasteiger partial charge is 0.225 e. The molecule has 2 unspecified atom stereocenters. The molecule has 5 nitrogen and oxygen atoms in total. The summed E-state index contributed by atoms with van der Waals surface area (Å²) in [5, 5.41) is 0. The van der Waals surface area contributed by atoms with Crippen LogP contribution in [-0.2, 0) is 14.8 Å². The topological polar surface area (TPSA) is 57.7 Å². The molecular weight excluding hydrogens is 276 g/mol. The molecule has 0 bridgehead atoms. The van der Waals surface area contributed by atoms with Gasteiger partial charge in [-0.3, -0.25) is 4.79 Å². The lowest BCUT2D eigenvalue weighted by atomic mass is 9.89. The molecular formula is C14H26N2O3S. The monoisotopic (exact) mass is 302 g/mol. The van der Waals surface area contributed by atoms with E-state index in [1.807, 2.05) is 4.90 Å². The fourth-order valence-corrected chi connectivity index (χ4v) is 4.41. The maximum atomic E-state index is 12.6. The predicted octanol–water partition coefficient (Wildman–Crippen LogP) is 1.16. The van der Waals surface area contributed by atoms with E-state index in [2.05, 4.69) is 13.8 Å². The van der Waals surface area contributed by atoms with Gasteiger partial charge < -0.3 is 4.90 Å². The maximum absolute atomic E-state index is 12.6. The molecule has 0 aromatic heterocycles. The minimum Gasteiger partial charge on any atom is -0.342 e. The summed E-state index contributed by atoms with van der Waals surface area (Å²) in [6.07, 6.45) is 3.75. The number of hydrogen-bond donors (Lipinski definition) is 0. The summed E-state index contributed by atoms with van der Waals surface area (Å²) in [5.41, 5.74) is 0. The van der Waals surface area contributed by atoms with Gasteiger partial charge >= 0.3 is 0 Å². The van der Waals surface area contributed by atoms with Crippen molar-refractivity contribution in [2.45, 2.75) is 33.1 Å². The Labute approximate surface area is 122 Å². The number of hydrogen-bond acceptors (Lipinski definition) is 3. The van der Waals surface area contributed by atoms with E-state index in [0.29, 0.717) is 37.8 Å². The second-order valence-corrected chi connectivity index (χ2v) is 8.61. The van der Waals surface area contributed by atoms with Crippen molar-refractivity contribution in [2.75, 3.05) is 32.4 Å². The Kier molecular flexibility index (Phi) is 4.74. The highest BCUT2D eigenvalue weighted by molar-refractivity contribution is 7.88. The van der Waals surface area contributed by atoms with Gasteiger partial charge in [0.2, 0.25) is 15.9 Å². The van der Waals surface area contributed by atoms with Gasteiger partial charge in [-0.1, -0.05) is 13.8 Å². The van der Waals surface area contributed by atoms with Gasteiger partial charge in [-0.25, -0.2) is 12.7 Å². The molecule has 1 amide bonds. The first-order valence-electron chi connectivity index (χ1n) is 7.51. The molecule has 0 radical (unpaired) electrons. The third-order valence-electron chi connectivity index (χ3n) is 4.45. The molecule has 0 N–H and O–H groups in total. The maximum Gasteiger partial charge on any atom is 0.225 e. The van der Waals surface area contributed by atoms with Crippen molar-refractivity contribution < 1.29 is 13.2 Å². The molecule has 2 aliphatic heterocycles. The number of likely N-dealkylation sites (tertiary alicyclic amines) is 1. The minimum absolute atomic E-state index is 0.00509. The van der Waals surface area contributed by atoms with Crippen LogP contribution >= 0.6 is 0 Å². The number of piperidine rings is 2. The highest BCUT2D eigenvalue weighted by Gasteiger charge is 2.33. The van der Waals surface area contributed by atoms with E-state index in [1.165, 1.54) is 17.0 Å². The van der Waals surface area contributed by atoms with Gasteiger partial charge in [0, 0.05) is 32.1 Å². The molecule has 0 aromatic carbocycles. The van der Waals surface area contributed by atoms with Gasteiger partial charge in [-0.05, 0) is 31.1 Å². The van der Waals surface area contributed by atoms with E-state index < -0.39 is 10.0 Å². The van der Waals surface area contributed by atoms with E-state index in [-0.39, 0.29) is 11.8 Å². The number of sulfonamides is 1.